The molecule has 0 aromatic heterocycles. The summed E-state index contributed by atoms with van der Waals surface area (Å²) in [5.41, 5.74) is 5.67. The molecule has 0 saturated carbocycles. The van der Waals surface area contributed by atoms with Crippen LogP contribution in [0.25, 0.3) is 0 Å². The molecule has 0 heterocycles. The van der Waals surface area contributed by atoms with Crippen LogP contribution in [-0.2, 0) is 10.1 Å². The van der Waals surface area contributed by atoms with Gasteiger partial charge < -0.3 is 5.11 Å². The van der Waals surface area contributed by atoms with Gasteiger partial charge in [-0.15, -0.1) is 0 Å². The molecular weight excluding hydrogens is 564 g/mol. The van der Waals surface area contributed by atoms with Crippen molar-refractivity contribution < 1.29 is 18.1 Å². The molecule has 5 heteroatoms. The Morgan fingerprint density at radius 1 is 0.591 bits per heavy atom. The lowest BCUT2D eigenvalue weighted by Crippen LogP contribution is -2.15. The summed E-state index contributed by atoms with van der Waals surface area (Å²) in [7, 11) is -4.60. The molecular formula is C39H40O4S. The van der Waals surface area contributed by atoms with Crippen molar-refractivity contribution in [1.29, 1.82) is 0 Å². The normalized spacial score (nSPS) is 14.5. The van der Waals surface area contributed by atoms with Crippen LogP contribution in [0.15, 0.2) is 132 Å². The highest BCUT2D eigenvalue weighted by Crippen LogP contribution is 2.48. The van der Waals surface area contributed by atoms with E-state index in [4.69, 9.17) is 0 Å². The van der Waals surface area contributed by atoms with Crippen molar-refractivity contribution in [1.82, 2.24) is 0 Å². The van der Waals surface area contributed by atoms with E-state index in [9.17, 15) is 18.1 Å². The molecule has 4 unspecified atom stereocenters. The number of rotatable bonds is 11. The Hall–Kier alpha value is -4.19. The second-order valence-electron chi connectivity index (χ2n) is 11.8. The summed E-state index contributed by atoms with van der Waals surface area (Å²) in [6.45, 7) is 5.99. The number of hydrogen-bond donors (Lipinski definition) is 2. The van der Waals surface area contributed by atoms with Gasteiger partial charge in [0.2, 0.25) is 0 Å². The van der Waals surface area contributed by atoms with E-state index in [2.05, 4.69) is 38.1 Å². The molecule has 5 aromatic rings. The van der Waals surface area contributed by atoms with E-state index < -0.39 is 10.1 Å². The molecule has 5 rings (SSSR count). The first-order chi connectivity index (χ1) is 21.1. The second kappa shape index (κ2) is 13.6. The Morgan fingerprint density at radius 2 is 0.955 bits per heavy atom. The van der Waals surface area contributed by atoms with Gasteiger partial charge in [-0.3, -0.25) is 4.55 Å². The summed E-state index contributed by atoms with van der Waals surface area (Å²) in [6.07, 6.45) is 1.26. The van der Waals surface area contributed by atoms with Crippen molar-refractivity contribution in [2.45, 2.75) is 62.2 Å². The van der Waals surface area contributed by atoms with E-state index in [1.165, 1.54) is 6.07 Å². The Morgan fingerprint density at radius 3 is 1.36 bits per heavy atom. The molecule has 0 aliphatic carbocycles. The van der Waals surface area contributed by atoms with Crippen molar-refractivity contribution >= 4 is 10.1 Å². The van der Waals surface area contributed by atoms with Gasteiger partial charge >= 0.3 is 0 Å². The van der Waals surface area contributed by atoms with Gasteiger partial charge in [-0.25, -0.2) is 0 Å². The number of aromatic hydroxyl groups is 1. The minimum atomic E-state index is -4.60. The third-order valence-corrected chi connectivity index (χ3v) is 9.89. The highest BCUT2D eigenvalue weighted by atomic mass is 32.2. The van der Waals surface area contributed by atoms with E-state index in [0.29, 0.717) is 29.5 Å². The zero-order chi connectivity index (χ0) is 31.3. The van der Waals surface area contributed by atoms with Crippen LogP contribution >= 0.6 is 0 Å². The maximum atomic E-state index is 12.9. The number of phenols is 1. The Labute approximate surface area is 261 Å². The first-order valence-electron chi connectivity index (χ1n) is 15.2. The molecule has 0 amide bonds. The fourth-order valence-corrected chi connectivity index (χ4v) is 7.29. The first kappa shape index (κ1) is 31.2. The fraction of sp³-hybridized carbons (Fsp3) is 0.231. The van der Waals surface area contributed by atoms with Gasteiger partial charge in [0.15, 0.2) is 0 Å². The van der Waals surface area contributed by atoms with E-state index in [1.807, 2.05) is 97.1 Å². The molecule has 0 radical (unpaired) electrons. The summed E-state index contributed by atoms with van der Waals surface area (Å²) in [4.78, 5) is -0.165. The molecule has 0 aliphatic rings. The van der Waals surface area contributed by atoms with Gasteiger partial charge in [0.25, 0.3) is 10.1 Å². The van der Waals surface area contributed by atoms with Gasteiger partial charge in [0.1, 0.15) is 5.75 Å². The highest BCUT2D eigenvalue weighted by Gasteiger charge is 2.32. The molecule has 0 saturated heterocycles. The second-order valence-corrected chi connectivity index (χ2v) is 13.2. The first-order valence-corrected chi connectivity index (χ1v) is 16.6. The molecule has 4 nitrogen and oxygen atoms in total. The zero-order valence-electron chi connectivity index (χ0n) is 25.5. The Kier molecular flexibility index (Phi) is 9.68. The number of benzene rings is 5. The molecule has 0 fully saturated rings. The van der Waals surface area contributed by atoms with Crippen LogP contribution in [0.2, 0.25) is 0 Å². The molecule has 2 N–H and O–H groups in total. The third kappa shape index (κ3) is 6.96. The maximum absolute atomic E-state index is 12.9. The van der Waals surface area contributed by atoms with E-state index in [1.54, 1.807) is 6.92 Å². The monoisotopic (exact) mass is 604 g/mol. The van der Waals surface area contributed by atoms with Gasteiger partial charge in [0.05, 0.1) is 4.90 Å². The molecule has 0 bridgehead atoms. The SMILES string of the molecule is Cc1c(S(=O)(=O)O)cc(C(CC(C)c2ccccc2)c2ccccc2)c(O)c1C(CC(C)c1ccccc1)c1ccccc1. The van der Waals surface area contributed by atoms with Crippen molar-refractivity contribution in [3.8, 4) is 5.75 Å². The minimum Gasteiger partial charge on any atom is -0.507 e. The number of hydrogen-bond acceptors (Lipinski definition) is 3. The summed E-state index contributed by atoms with van der Waals surface area (Å²) in [5.74, 6) is -0.342. The summed E-state index contributed by atoms with van der Waals surface area (Å²) in [5, 5.41) is 12.3. The smallest absolute Gasteiger partial charge is 0.294 e. The van der Waals surface area contributed by atoms with Crippen LogP contribution in [0.1, 0.15) is 89.3 Å². The van der Waals surface area contributed by atoms with Gasteiger partial charge in [-0.2, -0.15) is 8.42 Å². The minimum absolute atomic E-state index is 0.0816. The highest BCUT2D eigenvalue weighted by molar-refractivity contribution is 7.85. The zero-order valence-corrected chi connectivity index (χ0v) is 26.3. The van der Waals surface area contributed by atoms with E-state index >= 15 is 0 Å². The average Bonchev–Trinajstić information content (AvgIpc) is 3.04. The van der Waals surface area contributed by atoms with E-state index in [0.717, 1.165) is 22.3 Å². The molecule has 5 aromatic carbocycles. The van der Waals surface area contributed by atoms with Crippen LogP contribution in [0.3, 0.4) is 0 Å². The van der Waals surface area contributed by atoms with E-state index in [-0.39, 0.29) is 34.3 Å². The topological polar surface area (TPSA) is 74.6 Å². The van der Waals surface area contributed by atoms with Crippen molar-refractivity contribution in [3.63, 3.8) is 0 Å². The standard InChI is InChI=1S/C39H40O4S/c1-27(30-16-8-4-9-17-30)24-34(32-20-12-6-13-21-32)36-26-37(44(41,42)43)29(3)38(39(36)40)35(33-22-14-7-15-23-33)25-28(2)31-18-10-5-11-19-31/h4-23,26-28,34-35,40H,24-25H2,1-3H3,(H,41,42,43). The molecule has 4 atom stereocenters. The van der Waals surface area contributed by atoms with Crippen molar-refractivity contribution in [2.75, 3.05) is 0 Å². The van der Waals surface area contributed by atoms with Gasteiger partial charge in [0, 0.05) is 23.0 Å². The van der Waals surface area contributed by atoms with Crippen molar-refractivity contribution in [2.24, 2.45) is 0 Å². The van der Waals surface area contributed by atoms with Crippen LogP contribution in [-0.4, -0.2) is 18.1 Å². The van der Waals surface area contributed by atoms with Crippen LogP contribution in [0, 0.1) is 6.92 Å². The Balaban J connectivity index is 1.73. The Bertz CT molecular complexity index is 1770. The summed E-state index contributed by atoms with van der Waals surface area (Å²) < 4.78 is 36.4. The predicted molar refractivity (Wildman–Crippen MR) is 178 cm³/mol. The fourth-order valence-electron chi connectivity index (χ4n) is 6.52. The third-order valence-electron chi connectivity index (χ3n) is 8.91. The van der Waals surface area contributed by atoms with Crippen LogP contribution in [0.5, 0.6) is 5.75 Å². The molecule has 0 aliphatic heterocycles. The van der Waals surface area contributed by atoms with Gasteiger partial charge in [-0.1, -0.05) is 135 Å². The lowest BCUT2D eigenvalue weighted by atomic mass is 9.76. The maximum Gasteiger partial charge on any atom is 0.294 e. The number of phenolic OH excluding ortho intramolecular Hbond substituents is 1. The largest absolute Gasteiger partial charge is 0.507 e. The predicted octanol–water partition coefficient (Wildman–Crippen LogP) is 9.60. The molecule has 226 valence electrons. The van der Waals surface area contributed by atoms with Crippen LogP contribution < -0.4 is 0 Å². The quantitative estimate of drug-likeness (QED) is 0.147. The lowest BCUT2D eigenvalue weighted by molar-refractivity contribution is 0.442. The lowest BCUT2D eigenvalue weighted by Gasteiger charge is -2.29. The van der Waals surface area contributed by atoms with Crippen molar-refractivity contribution in [3.05, 3.63) is 166 Å². The summed E-state index contributed by atoms with van der Waals surface area (Å²) >= 11 is 0. The molecule has 0 spiro atoms. The van der Waals surface area contributed by atoms with Gasteiger partial charge in [-0.05, 0) is 65.5 Å². The molecule has 44 heavy (non-hydrogen) atoms. The summed E-state index contributed by atoms with van der Waals surface area (Å²) in [6, 6.07) is 41.7. The van der Waals surface area contributed by atoms with Crippen LogP contribution in [0.4, 0.5) is 0 Å². The average molecular weight is 605 g/mol.